The second-order valence-corrected chi connectivity index (χ2v) is 14.4. The number of carboxylic acids is 1. The molecule has 2 unspecified atom stereocenters. The molecule has 2 N–H and O–H groups in total. The Morgan fingerprint density at radius 1 is 1.00 bits per heavy atom. The smallest absolute Gasteiger partial charge is 0.308 e. The van der Waals surface area contributed by atoms with Crippen molar-refractivity contribution >= 4 is 43.8 Å². The minimum absolute atomic E-state index is 0.0107. The van der Waals surface area contributed by atoms with E-state index in [0.29, 0.717) is 11.0 Å². The van der Waals surface area contributed by atoms with E-state index in [0.717, 1.165) is 47.5 Å². The highest BCUT2D eigenvalue weighted by Gasteiger charge is 2.48. The summed E-state index contributed by atoms with van der Waals surface area (Å²) >= 11 is 0. The molecule has 0 spiro atoms. The van der Waals surface area contributed by atoms with E-state index >= 15 is 4.39 Å². The average molecular weight is 670 g/mol. The monoisotopic (exact) mass is 669 g/mol. The van der Waals surface area contributed by atoms with Crippen LogP contribution in [0, 0.1) is 36.3 Å². The molecule has 2 bridgehead atoms. The van der Waals surface area contributed by atoms with E-state index in [1.165, 1.54) is 18.3 Å². The molecular weight excluding hydrogens is 640 g/mol. The van der Waals surface area contributed by atoms with Gasteiger partial charge in [-0.25, -0.2) is 36.1 Å². The maximum Gasteiger partial charge on any atom is 0.308 e. The van der Waals surface area contributed by atoms with Crippen molar-refractivity contribution in [1.29, 1.82) is 0 Å². The number of fused-ring (bicyclic) bond motifs is 5. The number of pyridine rings is 1. The van der Waals surface area contributed by atoms with Gasteiger partial charge in [-0.2, -0.15) is 0 Å². The Morgan fingerprint density at radius 3 is 2.46 bits per heavy atom. The maximum atomic E-state index is 16.6. The number of carbonyl (C=O) groups is 1. The maximum absolute atomic E-state index is 16.6. The van der Waals surface area contributed by atoms with Crippen molar-refractivity contribution in [3.63, 3.8) is 0 Å². The lowest BCUT2D eigenvalue weighted by Gasteiger charge is -2.47. The fourth-order valence-corrected chi connectivity index (χ4v) is 8.66. The first-order chi connectivity index (χ1) is 23.1. The molecule has 0 saturated heterocycles. The molecule has 2 aromatic carbocycles. The molecule has 3 aliphatic carbocycles. The fourth-order valence-electron chi connectivity index (χ4n) is 7.33. The van der Waals surface area contributed by atoms with Crippen molar-refractivity contribution in [1.82, 2.24) is 18.9 Å². The number of para-hydroxylation sites is 1. The lowest BCUT2D eigenvalue weighted by Crippen LogP contribution is -2.51. The first-order valence-corrected chi connectivity index (χ1v) is 17.1. The van der Waals surface area contributed by atoms with E-state index in [-0.39, 0.29) is 56.4 Å². The minimum atomic E-state index is -4.22. The van der Waals surface area contributed by atoms with Gasteiger partial charge in [-0.05, 0) is 74.8 Å². The minimum Gasteiger partial charge on any atom is -0.481 e. The van der Waals surface area contributed by atoms with Gasteiger partial charge in [-0.15, -0.1) is 0 Å². The highest BCUT2D eigenvalue weighted by Crippen LogP contribution is 2.47. The second kappa shape index (κ2) is 11.2. The van der Waals surface area contributed by atoms with Crippen LogP contribution in [0.5, 0.6) is 0 Å². The number of nitrogens with one attached hydrogen (secondary N) is 1. The molecule has 10 nitrogen and oxygen atoms in total. The number of halogens is 2. The Hall–Kier alpha value is -5.17. The Morgan fingerprint density at radius 2 is 1.73 bits per heavy atom. The summed E-state index contributed by atoms with van der Waals surface area (Å²) in [4.78, 5) is 25.6. The largest absolute Gasteiger partial charge is 0.481 e. The SMILES string of the molecule is Cc1ccc(S(=O)(=O)n2cc(-c3nc(NC4C5CCC(CC5)C4C(=O)O)c(F)c(-c4cc5ccccc5o4)n3)c3cc(F)cnc32)cc1. The van der Waals surface area contributed by atoms with Crippen molar-refractivity contribution in [3.05, 3.63) is 90.3 Å². The third kappa shape index (κ3) is 4.91. The molecule has 0 aliphatic heterocycles. The normalized spacial score (nSPS) is 20.8. The molecule has 3 aliphatic rings. The summed E-state index contributed by atoms with van der Waals surface area (Å²) in [5, 5.41) is 14.1. The molecule has 0 amide bonds. The van der Waals surface area contributed by atoms with Gasteiger partial charge in [-0.1, -0.05) is 35.9 Å². The van der Waals surface area contributed by atoms with E-state index in [1.807, 2.05) is 13.0 Å². The molecule has 2 atom stereocenters. The quantitative estimate of drug-likeness (QED) is 0.183. The Bertz CT molecular complexity index is 2310. The standard InChI is InChI=1S/C35H29F2N5O5S/c1-18-6-12-23(13-7-18)48(45,46)42-17-25(24-15-22(36)16-38-34(24)42)32-40-31(27-14-21-4-2-3-5-26(21)47-27)29(37)33(41-32)39-30-20-10-8-19(9-11-20)28(30)35(43)44/h2-7,12-17,19-20,28,30H,8-11H2,1H3,(H,43,44)(H,39,40,41). The molecule has 4 aromatic heterocycles. The predicted octanol–water partition coefficient (Wildman–Crippen LogP) is 7.03. The van der Waals surface area contributed by atoms with Gasteiger partial charge < -0.3 is 14.8 Å². The number of rotatable bonds is 7. The summed E-state index contributed by atoms with van der Waals surface area (Å²) in [6, 6.07) is 15.5. The summed E-state index contributed by atoms with van der Waals surface area (Å²) in [5.41, 5.74) is 1.13. The summed E-state index contributed by atoms with van der Waals surface area (Å²) < 4.78 is 66.0. The van der Waals surface area contributed by atoms with E-state index in [9.17, 15) is 22.7 Å². The van der Waals surface area contributed by atoms with E-state index in [2.05, 4.69) is 20.3 Å². The molecule has 4 heterocycles. The van der Waals surface area contributed by atoms with Crippen LogP contribution in [0.3, 0.4) is 0 Å². The van der Waals surface area contributed by atoms with Gasteiger partial charge in [0.15, 0.2) is 28.9 Å². The topological polar surface area (TPSA) is 140 Å². The van der Waals surface area contributed by atoms with Gasteiger partial charge in [0, 0.05) is 28.6 Å². The van der Waals surface area contributed by atoms with Crippen LogP contribution >= 0.6 is 0 Å². The van der Waals surface area contributed by atoms with Crippen LogP contribution in [0.4, 0.5) is 14.6 Å². The average Bonchev–Trinajstić information content (AvgIpc) is 3.68. The lowest BCUT2D eigenvalue weighted by atomic mass is 9.61. The van der Waals surface area contributed by atoms with Crippen molar-refractivity contribution < 1.29 is 31.5 Å². The van der Waals surface area contributed by atoms with Gasteiger partial charge in [0.25, 0.3) is 10.0 Å². The summed E-state index contributed by atoms with van der Waals surface area (Å²) in [6.07, 6.45) is 5.34. The second-order valence-electron chi connectivity index (χ2n) is 12.6. The number of aromatic nitrogens is 4. The molecule has 13 heteroatoms. The molecule has 3 saturated carbocycles. The zero-order valence-corrected chi connectivity index (χ0v) is 26.4. The molecule has 9 rings (SSSR count). The summed E-state index contributed by atoms with van der Waals surface area (Å²) in [5.74, 6) is -3.65. The highest BCUT2D eigenvalue weighted by molar-refractivity contribution is 7.90. The Balaban J connectivity index is 1.34. The van der Waals surface area contributed by atoms with Gasteiger partial charge in [0.05, 0.1) is 17.0 Å². The van der Waals surface area contributed by atoms with Crippen LogP contribution in [-0.2, 0) is 14.8 Å². The molecular formula is C35H29F2N5O5S. The van der Waals surface area contributed by atoms with Gasteiger partial charge in [0.2, 0.25) is 0 Å². The number of anilines is 1. The molecule has 6 aromatic rings. The van der Waals surface area contributed by atoms with Gasteiger partial charge >= 0.3 is 5.97 Å². The number of aliphatic carboxylic acids is 1. The van der Waals surface area contributed by atoms with Crippen molar-refractivity contribution in [2.24, 2.45) is 17.8 Å². The highest BCUT2D eigenvalue weighted by atomic mass is 32.2. The van der Waals surface area contributed by atoms with Gasteiger partial charge in [0.1, 0.15) is 17.1 Å². The van der Waals surface area contributed by atoms with Crippen LogP contribution in [0.25, 0.3) is 44.8 Å². The molecule has 3 fully saturated rings. The van der Waals surface area contributed by atoms with E-state index < -0.39 is 39.6 Å². The van der Waals surface area contributed by atoms with Crippen LogP contribution in [0.1, 0.15) is 31.2 Å². The number of carboxylic acid groups (broad SMARTS) is 1. The number of nitrogens with zero attached hydrogens (tertiary/aromatic N) is 4. The number of benzene rings is 2. The molecule has 244 valence electrons. The third-order valence-electron chi connectivity index (χ3n) is 9.72. The molecule has 0 radical (unpaired) electrons. The zero-order chi connectivity index (χ0) is 33.3. The van der Waals surface area contributed by atoms with Crippen LogP contribution < -0.4 is 5.32 Å². The van der Waals surface area contributed by atoms with Crippen LogP contribution in [0.15, 0.2) is 82.4 Å². The zero-order valence-electron chi connectivity index (χ0n) is 25.6. The first kappa shape index (κ1) is 30.2. The Labute approximate surface area is 273 Å². The van der Waals surface area contributed by atoms with Crippen LogP contribution in [-0.4, -0.2) is 44.5 Å². The first-order valence-electron chi connectivity index (χ1n) is 15.6. The van der Waals surface area contributed by atoms with E-state index in [4.69, 9.17) is 4.42 Å². The molecule has 48 heavy (non-hydrogen) atoms. The van der Waals surface area contributed by atoms with Gasteiger partial charge in [-0.3, -0.25) is 4.79 Å². The fraction of sp³-hybridized carbons (Fsp3) is 0.257. The number of aryl methyl sites for hydroxylation is 1. The number of hydrogen-bond donors (Lipinski definition) is 2. The summed E-state index contributed by atoms with van der Waals surface area (Å²) in [7, 11) is -4.22. The summed E-state index contributed by atoms with van der Waals surface area (Å²) in [6.45, 7) is 1.83. The lowest BCUT2D eigenvalue weighted by molar-refractivity contribution is -0.148. The van der Waals surface area contributed by atoms with Crippen LogP contribution in [0.2, 0.25) is 0 Å². The van der Waals surface area contributed by atoms with E-state index in [1.54, 1.807) is 36.4 Å². The van der Waals surface area contributed by atoms with Crippen molar-refractivity contribution in [2.75, 3.05) is 5.32 Å². The predicted molar refractivity (Wildman–Crippen MR) is 174 cm³/mol. The third-order valence-corrected chi connectivity index (χ3v) is 11.4. The number of furan rings is 1. The number of hydrogen-bond acceptors (Lipinski definition) is 8. The van der Waals surface area contributed by atoms with Crippen molar-refractivity contribution in [2.45, 2.75) is 43.5 Å². The van der Waals surface area contributed by atoms with Crippen molar-refractivity contribution in [3.8, 4) is 22.8 Å². The Kier molecular flexibility index (Phi) is 7.06.